The number of halogens is 6. The summed E-state index contributed by atoms with van der Waals surface area (Å²) in [7, 11) is 0. The molecule has 13 heteroatoms. The third kappa shape index (κ3) is 7.63. The molecule has 2 aromatic heterocycles. The first-order chi connectivity index (χ1) is 16.8. The van der Waals surface area contributed by atoms with Gasteiger partial charge in [-0.05, 0) is 23.8 Å². The van der Waals surface area contributed by atoms with Gasteiger partial charge >= 0.3 is 12.4 Å². The number of pyridine rings is 1. The van der Waals surface area contributed by atoms with Gasteiger partial charge in [-0.3, -0.25) is 4.79 Å². The maximum atomic E-state index is 12.7. The molecule has 1 saturated carbocycles. The van der Waals surface area contributed by atoms with Crippen LogP contribution in [0.15, 0.2) is 70.3 Å². The third-order valence-electron chi connectivity index (χ3n) is 4.95. The van der Waals surface area contributed by atoms with Gasteiger partial charge in [0.1, 0.15) is 6.10 Å². The van der Waals surface area contributed by atoms with Gasteiger partial charge in [-0.25, -0.2) is 4.98 Å². The molecule has 1 aromatic carbocycles. The van der Waals surface area contributed by atoms with Crippen molar-refractivity contribution in [2.45, 2.75) is 44.0 Å². The van der Waals surface area contributed by atoms with E-state index in [1.807, 2.05) is 0 Å². The highest BCUT2D eigenvalue weighted by Gasteiger charge is 2.33. The first-order valence-corrected chi connectivity index (χ1v) is 10.4. The van der Waals surface area contributed by atoms with Crippen LogP contribution in [0.2, 0.25) is 0 Å². The van der Waals surface area contributed by atoms with Crippen molar-refractivity contribution in [3.05, 3.63) is 82.5 Å². The van der Waals surface area contributed by atoms with Gasteiger partial charge in [0.05, 0.1) is 24.3 Å². The van der Waals surface area contributed by atoms with Gasteiger partial charge in [0.2, 0.25) is 5.88 Å². The van der Waals surface area contributed by atoms with Gasteiger partial charge in [-0.2, -0.15) is 31.5 Å². The summed E-state index contributed by atoms with van der Waals surface area (Å²) >= 11 is 0. The predicted octanol–water partition coefficient (Wildman–Crippen LogP) is 5.80. The average Bonchev–Trinajstić information content (AvgIpc) is 3.21. The molecule has 1 aliphatic carbocycles. The van der Waals surface area contributed by atoms with E-state index in [1.165, 1.54) is 12.1 Å². The van der Waals surface area contributed by atoms with E-state index in [0.29, 0.717) is 35.6 Å². The fraction of sp³-hybridized carbons (Fsp3) is 0.304. The van der Waals surface area contributed by atoms with E-state index >= 15 is 0 Å². The van der Waals surface area contributed by atoms with E-state index in [1.54, 1.807) is 24.4 Å². The van der Waals surface area contributed by atoms with E-state index in [9.17, 15) is 31.1 Å². The lowest BCUT2D eigenvalue weighted by Crippen LogP contribution is -2.39. The Hall–Kier alpha value is -3.74. The summed E-state index contributed by atoms with van der Waals surface area (Å²) in [6.45, 7) is 2.38. The van der Waals surface area contributed by atoms with Crippen molar-refractivity contribution in [3.63, 3.8) is 0 Å². The van der Waals surface area contributed by atoms with Crippen LogP contribution in [-0.2, 0) is 17.5 Å². The topological polar surface area (TPSA) is 97.6 Å². The van der Waals surface area contributed by atoms with Crippen molar-refractivity contribution in [2.75, 3.05) is 0 Å². The van der Waals surface area contributed by atoms with Gasteiger partial charge in [-0.15, -0.1) is 0 Å². The van der Waals surface area contributed by atoms with Crippen LogP contribution in [0.1, 0.15) is 24.0 Å². The first-order valence-electron chi connectivity index (χ1n) is 10.4. The maximum absolute atomic E-state index is 12.7. The number of aromatic amines is 1. The third-order valence-corrected chi connectivity index (χ3v) is 4.95. The predicted molar refractivity (Wildman–Crippen MR) is 114 cm³/mol. The molecule has 36 heavy (non-hydrogen) atoms. The molecule has 2 heterocycles. The molecule has 0 aliphatic heterocycles. The molecule has 2 N–H and O–H groups in total. The lowest BCUT2D eigenvalue weighted by Gasteiger charge is -2.34. The second-order valence-corrected chi connectivity index (χ2v) is 7.75. The number of aliphatic hydroxyl groups is 1. The van der Waals surface area contributed by atoms with Crippen molar-refractivity contribution >= 4 is 0 Å². The number of ether oxygens (including phenoxy) is 2. The number of aliphatic hydroxyl groups excluding tert-OH is 1. The molecule has 0 radical (unpaired) electrons. The van der Waals surface area contributed by atoms with Crippen molar-refractivity contribution in [1.82, 2.24) is 10.1 Å². The number of aromatic nitrogens is 2. The summed E-state index contributed by atoms with van der Waals surface area (Å²) < 4.78 is 87.1. The van der Waals surface area contributed by atoms with Gasteiger partial charge in [0, 0.05) is 30.7 Å². The number of benzene rings is 1. The highest BCUT2D eigenvalue weighted by Crippen LogP contribution is 2.31. The van der Waals surface area contributed by atoms with Crippen LogP contribution in [0.3, 0.4) is 0 Å². The molecule has 1 fully saturated rings. The Labute approximate surface area is 200 Å². The van der Waals surface area contributed by atoms with Crippen LogP contribution in [0.5, 0.6) is 5.88 Å². The summed E-state index contributed by atoms with van der Waals surface area (Å²) in [5.41, 5.74) is 0.122. The summed E-state index contributed by atoms with van der Waals surface area (Å²) in [5.74, 6) is -0.929. The quantitative estimate of drug-likeness (QED) is 0.317. The molecule has 194 valence electrons. The van der Waals surface area contributed by atoms with Crippen molar-refractivity contribution < 1.29 is 45.4 Å². The molecule has 4 rings (SSSR count). The minimum absolute atomic E-state index is 0.0648. The van der Waals surface area contributed by atoms with Gasteiger partial charge in [-0.1, -0.05) is 18.7 Å². The highest BCUT2D eigenvalue weighted by molar-refractivity contribution is 5.55. The summed E-state index contributed by atoms with van der Waals surface area (Å²) in [5, 5.41) is 9.78. The van der Waals surface area contributed by atoms with Gasteiger partial charge in [0.15, 0.2) is 11.5 Å². The summed E-state index contributed by atoms with van der Waals surface area (Å²) in [6.07, 6.45) is -6.32. The number of H-pyrrole nitrogens is 1. The maximum Gasteiger partial charge on any atom is 0.448 e. The minimum atomic E-state index is -4.64. The molecule has 0 saturated heterocycles. The van der Waals surface area contributed by atoms with E-state index in [4.69, 9.17) is 19.1 Å². The lowest BCUT2D eigenvalue weighted by atomic mass is 9.92. The van der Waals surface area contributed by atoms with Crippen LogP contribution in [-0.4, -0.2) is 33.6 Å². The minimum Gasteiger partial charge on any atom is -0.505 e. The molecule has 3 aromatic rings. The summed E-state index contributed by atoms with van der Waals surface area (Å²) in [6, 6.07) is 9.87. The Kier molecular flexibility index (Phi) is 8.13. The van der Waals surface area contributed by atoms with E-state index < -0.39 is 23.7 Å². The SMILES string of the molecule is C=C(O)C(F)(F)F.O=c1cc(-c2ccc(OC3CC(OCc4cccc(C(F)(F)F)c4)C3)nc2)o[nH]1. The van der Waals surface area contributed by atoms with E-state index in [2.05, 4.69) is 16.7 Å². The fourth-order valence-electron chi connectivity index (χ4n) is 2.99. The molecule has 7 nitrogen and oxygen atoms in total. The summed E-state index contributed by atoms with van der Waals surface area (Å²) in [4.78, 5) is 15.3. The van der Waals surface area contributed by atoms with E-state index in [0.717, 1.165) is 12.1 Å². The average molecular weight is 518 g/mol. The second-order valence-electron chi connectivity index (χ2n) is 7.75. The van der Waals surface area contributed by atoms with Crippen molar-refractivity contribution in [3.8, 4) is 17.2 Å². The fourth-order valence-corrected chi connectivity index (χ4v) is 2.99. The standard InChI is InChI=1S/C20H17F3N2O4.C3H3F3O/c21-20(22,23)14-3-1-2-12(6-14)11-27-15-7-16(8-15)28-19-5-4-13(10-24-19)17-9-18(26)25-29-17;1-2(7)3(4,5)6/h1-6,9-10,15-16H,7-8,11H2,(H,25,26);7H,1H2. The lowest BCUT2D eigenvalue weighted by molar-refractivity contribution is -0.137. The number of rotatable bonds is 6. The second kappa shape index (κ2) is 10.9. The monoisotopic (exact) mass is 518 g/mol. The largest absolute Gasteiger partial charge is 0.505 e. The zero-order valence-corrected chi connectivity index (χ0v) is 18.4. The number of allylic oxidation sites excluding steroid dienone is 1. The van der Waals surface area contributed by atoms with Crippen LogP contribution in [0, 0.1) is 0 Å². The Morgan fingerprint density at radius 2 is 1.81 bits per heavy atom. The van der Waals surface area contributed by atoms with Gasteiger partial charge in [0.25, 0.3) is 5.56 Å². The number of nitrogens with zero attached hydrogens (tertiary/aromatic N) is 1. The Balaban J connectivity index is 0.000000454. The molecule has 1 aliphatic rings. The normalized spacial score (nSPS) is 17.5. The van der Waals surface area contributed by atoms with Gasteiger partial charge < -0.3 is 19.1 Å². The molecule has 0 unspecified atom stereocenters. The van der Waals surface area contributed by atoms with Crippen LogP contribution in [0.4, 0.5) is 26.3 Å². The molecular formula is C23H20F6N2O5. The van der Waals surface area contributed by atoms with Crippen LogP contribution < -0.4 is 10.3 Å². The Bertz CT molecular complexity index is 1210. The molecule has 0 amide bonds. The van der Waals surface area contributed by atoms with Crippen molar-refractivity contribution in [2.24, 2.45) is 0 Å². The first kappa shape index (κ1) is 26.9. The molecule has 0 bridgehead atoms. The smallest absolute Gasteiger partial charge is 0.448 e. The number of alkyl halides is 6. The molecular weight excluding hydrogens is 498 g/mol. The molecule has 0 atom stereocenters. The van der Waals surface area contributed by atoms with E-state index in [-0.39, 0.29) is 24.4 Å². The zero-order chi connectivity index (χ0) is 26.5. The highest BCUT2D eigenvalue weighted by atomic mass is 19.4. The Morgan fingerprint density at radius 3 is 2.33 bits per heavy atom. The van der Waals surface area contributed by atoms with Crippen LogP contribution >= 0.6 is 0 Å². The number of hydrogen-bond acceptors (Lipinski definition) is 6. The van der Waals surface area contributed by atoms with Crippen LogP contribution in [0.25, 0.3) is 11.3 Å². The van der Waals surface area contributed by atoms with Crippen molar-refractivity contribution in [1.29, 1.82) is 0 Å². The molecule has 0 spiro atoms. The Morgan fingerprint density at radius 1 is 1.11 bits per heavy atom. The zero-order valence-electron chi connectivity index (χ0n) is 18.4. The number of hydrogen-bond donors (Lipinski definition) is 2. The number of nitrogens with one attached hydrogen (secondary N) is 1.